The highest BCUT2D eigenvalue weighted by molar-refractivity contribution is 8.16. The van der Waals surface area contributed by atoms with Gasteiger partial charge in [-0.2, -0.15) is 10.5 Å². The number of aldehydes is 1. The van der Waals surface area contributed by atoms with Gasteiger partial charge in [0.1, 0.15) is 10.6 Å². The van der Waals surface area contributed by atoms with E-state index in [0.29, 0.717) is 11.9 Å². The van der Waals surface area contributed by atoms with Gasteiger partial charge in [0.15, 0.2) is 6.29 Å². The van der Waals surface area contributed by atoms with Crippen LogP contribution in [0.5, 0.6) is 0 Å². The Hall–Kier alpha value is -1.00. The molecule has 0 aromatic rings. The number of Topliss-reactive ketones (excluding diaryl/α,β-unsaturated/α-hetero) is 1. The summed E-state index contributed by atoms with van der Waals surface area (Å²) in [6, 6.07) is 0. The van der Waals surface area contributed by atoms with Crippen molar-refractivity contribution in [2.24, 2.45) is 0 Å². The maximum absolute atomic E-state index is 12.0. The molecule has 1 aliphatic heterocycles. The molecule has 0 radical (unpaired) electrons. The van der Waals surface area contributed by atoms with Gasteiger partial charge in [0.05, 0.1) is 19.2 Å². The average molecular weight is 224 g/mol. The van der Waals surface area contributed by atoms with E-state index in [2.05, 4.69) is 13.3 Å². The van der Waals surface area contributed by atoms with E-state index < -0.39 is 0 Å². The highest BCUT2D eigenvalue weighted by atomic mass is 32.2. The lowest BCUT2D eigenvalue weighted by Crippen LogP contribution is -3.09. The molecule has 80 valence electrons. The Morgan fingerprint density at radius 3 is 2.87 bits per heavy atom. The molecule has 1 heterocycles. The van der Waals surface area contributed by atoms with E-state index in [9.17, 15) is 9.59 Å². The Morgan fingerprint density at radius 1 is 1.47 bits per heavy atom. The fourth-order valence-corrected chi connectivity index (χ4v) is 3.76. The molecule has 1 N–H and O–H groups in total. The summed E-state index contributed by atoms with van der Waals surface area (Å²) in [5, 5.41) is 0. The number of fused-ring (bicyclic) bond motifs is 1. The third-order valence-corrected chi connectivity index (χ3v) is 4.78. The number of quaternary nitrogens is 1. The first-order valence-electron chi connectivity index (χ1n) is 4.89. The second-order valence-corrected chi connectivity index (χ2v) is 5.94. The van der Waals surface area contributed by atoms with Crippen molar-refractivity contribution in [1.29, 1.82) is 0 Å². The topological polar surface area (TPSA) is 38.6 Å². The molecule has 0 saturated heterocycles. The standard InChI is InChI=1S/C11H13NO2S/c1-12-5-6-15(2)11-9(12)4-3-8(7-13)10(11)14/h3-4,7H,5-6H2,1-2H3/p+1. The van der Waals surface area contributed by atoms with Gasteiger partial charge in [-0.3, -0.25) is 9.59 Å². The average Bonchev–Trinajstić information content (AvgIpc) is 2.23. The summed E-state index contributed by atoms with van der Waals surface area (Å²) in [5.41, 5.74) is 1.37. The fourth-order valence-electron chi connectivity index (χ4n) is 1.90. The van der Waals surface area contributed by atoms with Gasteiger partial charge >= 0.3 is 0 Å². The summed E-state index contributed by atoms with van der Waals surface area (Å²) >= 11 is 0. The Labute approximate surface area is 91.4 Å². The van der Waals surface area contributed by atoms with Crippen LogP contribution in [0.15, 0.2) is 23.4 Å². The van der Waals surface area contributed by atoms with Crippen molar-refractivity contribution < 1.29 is 14.5 Å². The smallest absolute Gasteiger partial charge is 0.207 e. The van der Waals surface area contributed by atoms with E-state index in [-0.39, 0.29) is 16.3 Å². The maximum Gasteiger partial charge on any atom is 0.207 e. The molecule has 0 aromatic carbocycles. The van der Waals surface area contributed by atoms with Crippen LogP contribution in [0.1, 0.15) is 0 Å². The van der Waals surface area contributed by atoms with E-state index in [4.69, 9.17) is 0 Å². The van der Waals surface area contributed by atoms with Crippen LogP contribution in [0.25, 0.3) is 0 Å². The number of nitrogens with one attached hydrogen (secondary N) is 1. The predicted molar refractivity (Wildman–Crippen MR) is 62.4 cm³/mol. The molecule has 0 fully saturated rings. The van der Waals surface area contributed by atoms with Crippen molar-refractivity contribution in [2.75, 3.05) is 25.6 Å². The van der Waals surface area contributed by atoms with Crippen LogP contribution >= 0.6 is 10.5 Å². The normalized spacial score (nSPS) is 30.5. The van der Waals surface area contributed by atoms with Crippen molar-refractivity contribution in [3.05, 3.63) is 23.4 Å². The SMILES string of the molecule is C[NH+]1CCS(C)=C2C(=O)C(C=O)=CC=C21. The molecule has 15 heavy (non-hydrogen) atoms. The van der Waals surface area contributed by atoms with Gasteiger partial charge in [-0.15, -0.1) is 0 Å². The molecule has 2 atom stereocenters. The lowest BCUT2D eigenvalue weighted by atomic mass is 10.0. The molecule has 2 aliphatic rings. The van der Waals surface area contributed by atoms with Crippen molar-refractivity contribution in [1.82, 2.24) is 0 Å². The van der Waals surface area contributed by atoms with Crippen molar-refractivity contribution >= 4 is 27.4 Å². The van der Waals surface area contributed by atoms with Crippen LogP contribution < -0.4 is 4.90 Å². The second kappa shape index (κ2) is 3.87. The van der Waals surface area contributed by atoms with Gasteiger partial charge in [-0.05, 0) is 12.3 Å². The molecule has 2 rings (SSSR count). The van der Waals surface area contributed by atoms with E-state index in [1.165, 1.54) is 4.90 Å². The summed E-state index contributed by atoms with van der Waals surface area (Å²) < 4.78 is 0. The van der Waals surface area contributed by atoms with Crippen molar-refractivity contribution in [3.63, 3.8) is 0 Å². The zero-order chi connectivity index (χ0) is 11.0. The molecule has 0 aromatic heterocycles. The number of hydrogen-bond donors (Lipinski definition) is 1. The number of carbonyl (C=O) groups excluding carboxylic acids is 2. The minimum atomic E-state index is -0.0626. The minimum Gasteiger partial charge on any atom is -0.303 e. The van der Waals surface area contributed by atoms with Crippen LogP contribution in [0.3, 0.4) is 0 Å². The summed E-state index contributed by atoms with van der Waals surface area (Å²) in [7, 11) is 2.06. The lowest BCUT2D eigenvalue weighted by Gasteiger charge is -2.27. The van der Waals surface area contributed by atoms with Gasteiger partial charge in [0.2, 0.25) is 5.78 Å². The molecule has 0 amide bonds. The second-order valence-electron chi connectivity index (χ2n) is 3.85. The summed E-state index contributed by atoms with van der Waals surface area (Å²) in [6.45, 7) is 1.06. The monoisotopic (exact) mass is 224 g/mol. The third kappa shape index (κ3) is 1.64. The van der Waals surface area contributed by atoms with E-state index in [1.807, 2.05) is 6.08 Å². The zero-order valence-corrected chi connectivity index (χ0v) is 9.69. The van der Waals surface area contributed by atoms with Gasteiger partial charge in [0, 0.05) is 11.8 Å². The van der Waals surface area contributed by atoms with Crippen LogP contribution in [-0.4, -0.2) is 42.5 Å². The molecular formula is C11H14NO2S+. The van der Waals surface area contributed by atoms with Gasteiger partial charge in [-0.1, -0.05) is 0 Å². The summed E-state index contributed by atoms with van der Waals surface area (Å²) in [5.74, 6) is 0.975. The first-order chi connectivity index (χ1) is 7.15. The first-order valence-corrected chi connectivity index (χ1v) is 6.70. The molecule has 0 saturated carbocycles. The Balaban J connectivity index is 2.56. The largest absolute Gasteiger partial charge is 0.303 e. The number of ketones is 1. The molecule has 2 unspecified atom stereocenters. The van der Waals surface area contributed by atoms with Crippen LogP contribution in [0.2, 0.25) is 0 Å². The van der Waals surface area contributed by atoms with E-state index in [1.54, 1.807) is 6.08 Å². The quantitative estimate of drug-likeness (QED) is 0.359. The predicted octanol–water partition coefficient (Wildman–Crippen LogP) is -0.822. The Morgan fingerprint density at radius 2 is 2.20 bits per heavy atom. The zero-order valence-electron chi connectivity index (χ0n) is 8.87. The fraction of sp³-hybridized carbons (Fsp3) is 0.364. The summed E-state index contributed by atoms with van der Waals surface area (Å²) in [4.78, 5) is 24.8. The third-order valence-electron chi connectivity index (χ3n) is 2.86. The number of hydrogen-bond acceptors (Lipinski definition) is 2. The van der Waals surface area contributed by atoms with Crippen molar-refractivity contribution in [3.8, 4) is 0 Å². The Kier molecular flexibility index (Phi) is 2.71. The van der Waals surface area contributed by atoms with Crippen LogP contribution in [0.4, 0.5) is 0 Å². The first kappa shape index (κ1) is 10.5. The molecular weight excluding hydrogens is 210 g/mol. The highest BCUT2D eigenvalue weighted by Gasteiger charge is 2.32. The number of carbonyl (C=O) groups is 2. The molecule has 3 nitrogen and oxygen atoms in total. The van der Waals surface area contributed by atoms with Gasteiger partial charge < -0.3 is 4.90 Å². The molecule has 0 bridgehead atoms. The Bertz CT molecular complexity index is 432. The number of allylic oxidation sites excluding steroid dienone is 4. The van der Waals surface area contributed by atoms with E-state index >= 15 is 0 Å². The van der Waals surface area contributed by atoms with Gasteiger partial charge in [-0.25, -0.2) is 0 Å². The molecule has 4 heteroatoms. The minimum absolute atomic E-state index is 0.00151. The van der Waals surface area contributed by atoms with Gasteiger partial charge in [0.25, 0.3) is 0 Å². The van der Waals surface area contributed by atoms with Crippen LogP contribution in [-0.2, 0) is 9.59 Å². The molecule has 1 aliphatic carbocycles. The van der Waals surface area contributed by atoms with E-state index in [0.717, 1.165) is 22.9 Å². The summed E-state index contributed by atoms with van der Waals surface area (Å²) in [6.07, 6.45) is 6.30. The highest BCUT2D eigenvalue weighted by Crippen LogP contribution is 2.20. The molecule has 0 spiro atoms. The van der Waals surface area contributed by atoms with Crippen molar-refractivity contribution in [2.45, 2.75) is 0 Å². The van der Waals surface area contributed by atoms with Crippen LogP contribution in [0, 0.1) is 0 Å². The lowest BCUT2D eigenvalue weighted by molar-refractivity contribution is -0.830. The number of rotatable bonds is 1. The maximum atomic E-state index is 12.0.